The van der Waals surface area contributed by atoms with E-state index < -0.39 is 10.8 Å². The Hall–Kier alpha value is -2.11. The Balaban J connectivity index is 2.20. The summed E-state index contributed by atoms with van der Waals surface area (Å²) in [6, 6.07) is 4.53. The van der Waals surface area contributed by atoms with Crippen molar-refractivity contribution in [3.63, 3.8) is 0 Å². The third-order valence-corrected chi connectivity index (χ3v) is 3.65. The number of nitrogens with two attached hydrogens (primary N) is 1. The standard InChI is InChI=1S/C14H19N3O3/c1-2-11(7-9-3-4-9)16-12-6-5-10(14(15)18)8-13(12)17(19)20/h5-6,8-9,11,16H,2-4,7H2,1H3,(H2,15,18). The number of rotatable bonds is 7. The molecule has 6 heteroatoms. The summed E-state index contributed by atoms with van der Waals surface area (Å²) >= 11 is 0. The zero-order chi connectivity index (χ0) is 14.7. The first-order chi connectivity index (χ1) is 9.51. The Morgan fingerprint density at radius 3 is 2.75 bits per heavy atom. The molecule has 1 saturated carbocycles. The van der Waals surface area contributed by atoms with Gasteiger partial charge in [-0.2, -0.15) is 0 Å². The number of nitro groups is 1. The number of amides is 1. The Morgan fingerprint density at radius 2 is 2.25 bits per heavy atom. The first-order valence-corrected chi connectivity index (χ1v) is 6.86. The summed E-state index contributed by atoms with van der Waals surface area (Å²) in [5, 5.41) is 14.3. The molecule has 0 aliphatic heterocycles. The molecule has 1 aromatic rings. The van der Waals surface area contributed by atoms with Crippen molar-refractivity contribution in [1.82, 2.24) is 0 Å². The van der Waals surface area contributed by atoms with Gasteiger partial charge in [0.2, 0.25) is 5.91 Å². The van der Waals surface area contributed by atoms with Crippen molar-refractivity contribution in [2.24, 2.45) is 11.7 Å². The average Bonchev–Trinajstić information content (AvgIpc) is 3.21. The van der Waals surface area contributed by atoms with Crippen LogP contribution in [0.5, 0.6) is 0 Å². The minimum Gasteiger partial charge on any atom is -0.377 e. The number of anilines is 1. The number of benzene rings is 1. The maximum absolute atomic E-state index is 11.1. The van der Waals surface area contributed by atoms with Crippen molar-refractivity contribution >= 4 is 17.3 Å². The lowest BCUT2D eigenvalue weighted by atomic mass is 10.1. The smallest absolute Gasteiger partial charge is 0.293 e. The second-order valence-corrected chi connectivity index (χ2v) is 5.28. The fourth-order valence-corrected chi connectivity index (χ4v) is 2.26. The molecule has 0 saturated heterocycles. The van der Waals surface area contributed by atoms with Crippen LogP contribution in [0.1, 0.15) is 43.0 Å². The van der Waals surface area contributed by atoms with E-state index in [9.17, 15) is 14.9 Å². The molecule has 20 heavy (non-hydrogen) atoms. The number of nitrogens with one attached hydrogen (secondary N) is 1. The molecule has 1 aliphatic rings. The summed E-state index contributed by atoms with van der Waals surface area (Å²) in [6.45, 7) is 2.06. The molecule has 2 rings (SSSR count). The summed E-state index contributed by atoms with van der Waals surface area (Å²) < 4.78 is 0. The van der Waals surface area contributed by atoms with E-state index in [1.165, 1.54) is 25.0 Å². The first-order valence-electron chi connectivity index (χ1n) is 6.86. The van der Waals surface area contributed by atoms with Crippen molar-refractivity contribution in [1.29, 1.82) is 0 Å². The van der Waals surface area contributed by atoms with E-state index in [1.54, 1.807) is 6.07 Å². The van der Waals surface area contributed by atoms with Gasteiger partial charge < -0.3 is 11.1 Å². The van der Waals surface area contributed by atoms with Crippen LogP contribution >= 0.6 is 0 Å². The molecule has 1 fully saturated rings. The maximum Gasteiger partial charge on any atom is 0.293 e. The van der Waals surface area contributed by atoms with Crippen LogP contribution in [0, 0.1) is 16.0 Å². The van der Waals surface area contributed by atoms with Gasteiger partial charge in [0.15, 0.2) is 0 Å². The lowest BCUT2D eigenvalue weighted by Crippen LogP contribution is -2.20. The van der Waals surface area contributed by atoms with Gasteiger partial charge in [0, 0.05) is 17.7 Å². The van der Waals surface area contributed by atoms with E-state index in [-0.39, 0.29) is 17.3 Å². The average molecular weight is 277 g/mol. The van der Waals surface area contributed by atoms with Crippen LogP contribution in [-0.4, -0.2) is 16.9 Å². The number of nitro benzene ring substituents is 1. The molecule has 0 bridgehead atoms. The van der Waals surface area contributed by atoms with E-state index in [0.717, 1.165) is 18.8 Å². The first kappa shape index (κ1) is 14.3. The molecule has 1 aromatic carbocycles. The summed E-state index contributed by atoms with van der Waals surface area (Å²) in [5.74, 6) is 0.0843. The molecule has 108 valence electrons. The highest BCUT2D eigenvalue weighted by molar-refractivity contribution is 5.94. The second-order valence-electron chi connectivity index (χ2n) is 5.28. The van der Waals surface area contributed by atoms with E-state index in [1.807, 2.05) is 0 Å². The van der Waals surface area contributed by atoms with Crippen LogP contribution in [0.4, 0.5) is 11.4 Å². The van der Waals surface area contributed by atoms with Gasteiger partial charge in [-0.3, -0.25) is 14.9 Å². The van der Waals surface area contributed by atoms with Crippen LogP contribution in [0.2, 0.25) is 0 Å². The normalized spacial score (nSPS) is 15.7. The largest absolute Gasteiger partial charge is 0.377 e. The summed E-state index contributed by atoms with van der Waals surface area (Å²) in [5.41, 5.74) is 5.65. The molecule has 0 heterocycles. The molecule has 3 N–H and O–H groups in total. The predicted molar refractivity (Wildman–Crippen MR) is 76.7 cm³/mol. The molecule has 0 spiro atoms. The molecular formula is C14H19N3O3. The van der Waals surface area contributed by atoms with Crippen LogP contribution < -0.4 is 11.1 Å². The monoisotopic (exact) mass is 277 g/mol. The van der Waals surface area contributed by atoms with Gasteiger partial charge in [0.05, 0.1) is 4.92 Å². The summed E-state index contributed by atoms with van der Waals surface area (Å²) in [7, 11) is 0. The minimum atomic E-state index is -0.662. The van der Waals surface area contributed by atoms with E-state index >= 15 is 0 Å². The molecule has 0 radical (unpaired) electrons. The number of carbonyl (C=O) groups is 1. The molecule has 1 unspecified atom stereocenters. The highest BCUT2D eigenvalue weighted by atomic mass is 16.6. The number of hydrogen-bond acceptors (Lipinski definition) is 4. The molecule has 1 atom stereocenters. The van der Waals surface area contributed by atoms with Crippen molar-refractivity contribution in [2.75, 3.05) is 5.32 Å². The van der Waals surface area contributed by atoms with E-state index in [0.29, 0.717) is 5.69 Å². The maximum atomic E-state index is 11.1. The zero-order valence-corrected chi connectivity index (χ0v) is 11.5. The van der Waals surface area contributed by atoms with Gasteiger partial charge in [-0.1, -0.05) is 19.8 Å². The van der Waals surface area contributed by atoms with Crippen molar-refractivity contribution < 1.29 is 9.72 Å². The van der Waals surface area contributed by atoms with Crippen molar-refractivity contribution in [2.45, 2.75) is 38.6 Å². The Morgan fingerprint density at radius 1 is 1.55 bits per heavy atom. The highest BCUT2D eigenvalue weighted by Crippen LogP contribution is 2.35. The molecule has 1 aliphatic carbocycles. The number of hydrogen-bond donors (Lipinski definition) is 2. The Bertz CT molecular complexity index is 526. The highest BCUT2D eigenvalue weighted by Gasteiger charge is 2.26. The molecular weight excluding hydrogens is 258 g/mol. The molecule has 0 aromatic heterocycles. The predicted octanol–water partition coefficient (Wildman–Crippen LogP) is 2.68. The zero-order valence-electron chi connectivity index (χ0n) is 11.5. The summed E-state index contributed by atoms with van der Waals surface area (Å²) in [6.07, 6.45) is 4.44. The van der Waals surface area contributed by atoms with Crippen LogP contribution in [0.25, 0.3) is 0 Å². The van der Waals surface area contributed by atoms with Gasteiger partial charge >= 0.3 is 0 Å². The quantitative estimate of drug-likeness (QED) is 0.591. The topological polar surface area (TPSA) is 98.3 Å². The van der Waals surface area contributed by atoms with Crippen molar-refractivity contribution in [3.8, 4) is 0 Å². The van der Waals surface area contributed by atoms with Crippen LogP contribution in [0.3, 0.4) is 0 Å². The Kier molecular flexibility index (Phi) is 4.22. The van der Waals surface area contributed by atoms with Gasteiger partial charge in [0.25, 0.3) is 5.69 Å². The second kappa shape index (κ2) is 5.90. The van der Waals surface area contributed by atoms with Gasteiger partial charge in [-0.25, -0.2) is 0 Å². The van der Waals surface area contributed by atoms with Crippen molar-refractivity contribution in [3.05, 3.63) is 33.9 Å². The third kappa shape index (κ3) is 3.46. The van der Waals surface area contributed by atoms with Gasteiger partial charge in [-0.15, -0.1) is 0 Å². The third-order valence-electron chi connectivity index (χ3n) is 3.65. The lowest BCUT2D eigenvalue weighted by Gasteiger charge is -2.18. The molecule has 1 amide bonds. The fourth-order valence-electron chi connectivity index (χ4n) is 2.26. The van der Waals surface area contributed by atoms with Gasteiger partial charge in [-0.05, 0) is 30.9 Å². The van der Waals surface area contributed by atoms with Crippen LogP contribution in [0.15, 0.2) is 18.2 Å². The number of nitrogens with zero attached hydrogens (tertiary/aromatic N) is 1. The van der Waals surface area contributed by atoms with E-state index in [4.69, 9.17) is 5.73 Å². The number of carbonyl (C=O) groups excluding carboxylic acids is 1. The lowest BCUT2D eigenvalue weighted by molar-refractivity contribution is -0.384. The molecule has 6 nitrogen and oxygen atoms in total. The minimum absolute atomic E-state index is 0.101. The number of primary amides is 1. The summed E-state index contributed by atoms with van der Waals surface area (Å²) in [4.78, 5) is 21.7. The Labute approximate surface area is 117 Å². The van der Waals surface area contributed by atoms with E-state index in [2.05, 4.69) is 12.2 Å². The van der Waals surface area contributed by atoms with Crippen LogP contribution in [-0.2, 0) is 0 Å². The fraction of sp³-hybridized carbons (Fsp3) is 0.500. The van der Waals surface area contributed by atoms with Gasteiger partial charge in [0.1, 0.15) is 5.69 Å². The SMILES string of the molecule is CCC(CC1CC1)Nc1ccc(C(N)=O)cc1[N+](=O)[O-].